The molecule has 17 heavy (non-hydrogen) atoms. The van der Waals surface area contributed by atoms with Gasteiger partial charge in [0.05, 0.1) is 15.8 Å². The molecule has 0 heterocycles. The Morgan fingerprint density at radius 1 is 1.59 bits per heavy atom. The van der Waals surface area contributed by atoms with Crippen LogP contribution in [0.3, 0.4) is 0 Å². The number of allylic oxidation sites excluding steroid dienone is 3. The van der Waals surface area contributed by atoms with Gasteiger partial charge >= 0.3 is 0 Å². The van der Waals surface area contributed by atoms with Crippen LogP contribution < -0.4 is 5.84 Å². The van der Waals surface area contributed by atoms with Crippen LogP contribution >= 0.6 is 27.5 Å². The number of alkyl halides is 1. The number of carbonyl (C=O) groups is 1. The summed E-state index contributed by atoms with van der Waals surface area (Å²) in [7, 11) is 0. The molecule has 96 valence electrons. The number of nitrogens with two attached hydrogens (primary N) is 1. The van der Waals surface area contributed by atoms with Gasteiger partial charge in [-0.2, -0.15) is 0 Å². The molecule has 0 fully saturated rings. The molecule has 0 aliphatic heterocycles. The second-order valence-corrected chi connectivity index (χ2v) is 7.39. The average molecular weight is 322 g/mol. The van der Waals surface area contributed by atoms with E-state index in [0.29, 0.717) is 5.03 Å². The lowest BCUT2D eigenvalue weighted by atomic mass is 9.87. The molecule has 0 spiro atoms. The van der Waals surface area contributed by atoms with E-state index >= 15 is 0 Å². The van der Waals surface area contributed by atoms with Crippen LogP contribution in [0, 0.1) is 5.92 Å². The summed E-state index contributed by atoms with van der Waals surface area (Å²) in [5, 5.41) is 1.86. The largest absolute Gasteiger partial charge is 0.275 e. The van der Waals surface area contributed by atoms with Crippen molar-refractivity contribution in [2.45, 2.75) is 37.6 Å². The molecule has 0 aromatic heterocycles. The second-order valence-electron chi connectivity index (χ2n) is 5.33. The molecule has 5 heteroatoms. The predicted molar refractivity (Wildman–Crippen MR) is 74.7 cm³/mol. The van der Waals surface area contributed by atoms with E-state index in [1.807, 2.05) is 33.8 Å². The molecule has 0 aromatic rings. The number of halogens is 2. The molecule has 1 aliphatic carbocycles. The lowest BCUT2D eigenvalue weighted by Gasteiger charge is -2.38. The number of hydrogen-bond acceptors (Lipinski definition) is 2. The fourth-order valence-corrected chi connectivity index (χ4v) is 2.21. The third-order valence-corrected chi connectivity index (χ3v) is 4.49. The standard InChI is InChI=1S/C12H18BrClN2O/c1-11(2,3)16(15)10(17)8-6-5-7-9(14)12(8,4)13/h5-8H,15H2,1-4H3. The molecule has 2 N–H and O–H groups in total. The van der Waals surface area contributed by atoms with Gasteiger partial charge < -0.3 is 0 Å². The highest BCUT2D eigenvalue weighted by Crippen LogP contribution is 2.41. The van der Waals surface area contributed by atoms with E-state index < -0.39 is 15.8 Å². The Morgan fingerprint density at radius 2 is 2.12 bits per heavy atom. The number of rotatable bonds is 1. The zero-order chi connectivity index (χ0) is 13.4. The third-order valence-electron chi connectivity index (χ3n) is 2.82. The Labute approximate surface area is 116 Å². The minimum absolute atomic E-state index is 0.153. The Hall–Kier alpha value is -0.320. The van der Waals surface area contributed by atoms with E-state index in [2.05, 4.69) is 15.9 Å². The Balaban J connectivity index is 2.99. The first-order valence-corrected chi connectivity index (χ1v) is 6.57. The van der Waals surface area contributed by atoms with E-state index in [4.69, 9.17) is 17.4 Å². The Kier molecular flexibility index (Phi) is 4.12. The van der Waals surface area contributed by atoms with Crippen molar-refractivity contribution in [2.75, 3.05) is 0 Å². The predicted octanol–water partition coefficient (Wildman–Crippen LogP) is 2.95. The molecule has 0 aromatic carbocycles. The van der Waals surface area contributed by atoms with Crippen molar-refractivity contribution in [1.29, 1.82) is 0 Å². The summed E-state index contributed by atoms with van der Waals surface area (Å²) in [6, 6.07) is 0. The van der Waals surface area contributed by atoms with Gasteiger partial charge in [-0.25, -0.2) is 5.84 Å². The summed E-state index contributed by atoms with van der Waals surface area (Å²) in [5.41, 5.74) is -0.415. The van der Waals surface area contributed by atoms with Gasteiger partial charge in [0.15, 0.2) is 0 Å². The van der Waals surface area contributed by atoms with Gasteiger partial charge in [-0.3, -0.25) is 9.80 Å². The van der Waals surface area contributed by atoms with Crippen LogP contribution in [0.2, 0.25) is 0 Å². The van der Waals surface area contributed by atoms with Crippen molar-refractivity contribution in [1.82, 2.24) is 5.01 Å². The first-order valence-electron chi connectivity index (χ1n) is 5.40. The number of hydrazine groups is 1. The summed E-state index contributed by atoms with van der Waals surface area (Å²) < 4.78 is -0.594. The first kappa shape index (κ1) is 14.7. The van der Waals surface area contributed by atoms with E-state index in [-0.39, 0.29) is 5.91 Å². The number of hydrogen-bond donors (Lipinski definition) is 1. The zero-order valence-electron chi connectivity index (χ0n) is 10.5. The lowest BCUT2D eigenvalue weighted by Crippen LogP contribution is -2.55. The maximum absolute atomic E-state index is 12.3. The molecule has 0 radical (unpaired) electrons. The van der Waals surface area contributed by atoms with E-state index in [1.54, 1.807) is 12.2 Å². The highest BCUT2D eigenvalue weighted by molar-refractivity contribution is 9.10. The van der Waals surface area contributed by atoms with E-state index in [1.165, 1.54) is 5.01 Å². The maximum atomic E-state index is 12.3. The summed E-state index contributed by atoms with van der Waals surface area (Å²) >= 11 is 9.62. The molecular weight excluding hydrogens is 304 g/mol. The van der Waals surface area contributed by atoms with E-state index in [0.717, 1.165) is 0 Å². The van der Waals surface area contributed by atoms with Crippen molar-refractivity contribution < 1.29 is 4.79 Å². The Bertz CT molecular complexity index is 382. The zero-order valence-corrected chi connectivity index (χ0v) is 12.8. The third kappa shape index (κ3) is 2.92. The molecule has 0 bridgehead atoms. The van der Waals surface area contributed by atoms with Gasteiger partial charge in [-0.15, -0.1) is 0 Å². The first-order chi connectivity index (χ1) is 7.58. The highest BCUT2D eigenvalue weighted by Gasteiger charge is 2.42. The van der Waals surface area contributed by atoms with Gasteiger partial charge in [0, 0.05) is 5.03 Å². The van der Waals surface area contributed by atoms with E-state index in [9.17, 15) is 4.79 Å². The topological polar surface area (TPSA) is 46.3 Å². The summed E-state index contributed by atoms with van der Waals surface area (Å²) in [6.07, 6.45) is 5.37. The minimum Gasteiger partial charge on any atom is -0.275 e. The fourth-order valence-electron chi connectivity index (χ4n) is 1.54. The average Bonchev–Trinajstić information content (AvgIpc) is 2.18. The van der Waals surface area contributed by atoms with Gasteiger partial charge in [0.25, 0.3) is 0 Å². The summed E-state index contributed by atoms with van der Waals surface area (Å²) in [6.45, 7) is 7.54. The molecule has 1 amide bonds. The van der Waals surface area contributed by atoms with Gasteiger partial charge in [0.1, 0.15) is 0 Å². The van der Waals surface area contributed by atoms with Crippen molar-refractivity contribution in [2.24, 2.45) is 11.8 Å². The maximum Gasteiger partial charge on any atom is 0.245 e. The van der Waals surface area contributed by atoms with Crippen LogP contribution in [0.1, 0.15) is 27.7 Å². The van der Waals surface area contributed by atoms with Crippen LogP contribution in [0.15, 0.2) is 23.3 Å². The van der Waals surface area contributed by atoms with Crippen molar-refractivity contribution in [3.05, 3.63) is 23.3 Å². The van der Waals surface area contributed by atoms with Crippen LogP contribution in [0.5, 0.6) is 0 Å². The molecule has 0 saturated carbocycles. The number of nitrogens with zero attached hydrogens (tertiary/aromatic N) is 1. The summed E-state index contributed by atoms with van der Waals surface area (Å²) in [5.74, 6) is 5.31. The molecule has 1 rings (SSSR count). The smallest absolute Gasteiger partial charge is 0.245 e. The van der Waals surface area contributed by atoms with Crippen LogP contribution in [-0.2, 0) is 4.79 Å². The highest BCUT2D eigenvalue weighted by atomic mass is 79.9. The number of amides is 1. The molecule has 1 aliphatic rings. The quantitative estimate of drug-likeness (QED) is 0.349. The Morgan fingerprint density at radius 3 is 2.59 bits per heavy atom. The molecule has 0 saturated heterocycles. The van der Waals surface area contributed by atoms with Crippen LogP contribution in [0.25, 0.3) is 0 Å². The fraction of sp³-hybridized carbons (Fsp3) is 0.583. The minimum atomic E-state index is -0.594. The molecule has 2 unspecified atom stereocenters. The second kappa shape index (κ2) is 4.75. The van der Waals surface area contributed by atoms with Gasteiger partial charge in [0.2, 0.25) is 5.91 Å². The van der Waals surface area contributed by atoms with Crippen LogP contribution in [0.4, 0.5) is 0 Å². The normalized spacial score (nSPS) is 28.9. The van der Waals surface area contributed by atoms with Crippen molar-refractivity contribution >= 4 is 33.4 Å². The van der Waals surface area contributed by atoms with Gasteiger partial charge in [-0.1, -0.05) is 39.7 Å². The molecular formula is C12H18BrClN2O. The van der Waals surface area contributed by atoms with Crippen LogP contribution in [-0.4, -0.2) is 20.8 Å². The van der Waals surface area contributed by atoms with Crippen molar-refractivity contribution in [3.63, 3.8) is 0 Å². The molecule has 3 nitrogen and oxygen atoms in total. The lowest BCUT2D eigenvalue weighted by molar-refractivity contribution is -0.139. The van der Waals surface area contributed by atoms with Gasteiger partial charge in [-0.05, 0) is 33.8 Å². The van der Waals surface area contributed by atoms with Crippen molar-refractivity contribution in [3.8, 4) is 0 Å². The molecule has 2 atom stereocenters. The number of carbonyl (C=O) groups excluding carboxylic acids is 1. The monoisotopic (exact) mass is 320 g/mol. The SMILES string of the molecule is CC1(Br)C(Cl)=CC=CC1C(=O)N(N)C(C)(C)C. The summed E-state index contributed by atoms with van der Waals surface area (Å²) in [4.78, 5) is 12.3.